The van der Waals surface area contributed by atoms with Crippen LogP contribution in [0.25, 0.3) is 0 Å². The first-order chi connectivity index (χ1) is 7.66. The fourth-order valence-electron chi connectivity index (χ4n) is 1.19. The Bertz CT molecular complexity index is 358. The molecule has 0 aliphatic heterocycles. The Morgan fingerprint density at radius 1 is 1.11 bits per heavy atom. The molecule has 19 heavy (non-hydrogen) atoms. The maximum Gasteiger partial charge on any atom is 1.00 e. The Hall–Kier alpha value is -0.320. The van der Waals surface area contributed by atoms with Crippen molar-refractivity contribution in [2.45, 2.75) is 18.4 Å². The third-order valence-corrected chi connectivity index (χ3v) is 2.24. The second-order valence-electron chi connectivity index (χ2n) is 3.17. The first-order valence-electron chi connectivity index (χ1n) is 4.27. The van der Waals surface area contributed by atoms with Crippen LogP contribution in [0.3, 0.4) is 0 Å². The third-order valence-electron chi connectivity index (χ3n) is 2.24. The van der Waals surface area contributed by atoms with Crippen LogP contribution in [0.1, 0.15) is 12.8 Å². The van der Waals surface area contributed by atoms with E-state index in [1.54, 1.807) is 0 Å². The van der Waals surface area contributed by atoms with E-state index in [0.717, 1.165) is 0 Å². The van der Waals surface area contributed by atoms with Gasteiger partial charge >= 0.3 is 71.2 Å². The van der Waals surface area contributed by atoms with Gasteiger partial charge in [-0.3, -0.25) is 4.90 Å². The third kappa shape index (κ3) is 5.67. The molecular formula is C8H9NNa2O8. The number of amides is 1. The number of rotatable bonds is 6. The summed E-state index contributed by atoms with van der Waals surface area (Å²) in [6.07, 6.45) is -3.76. The summed E-state index contributed by atoms with van der Waals surface area (Å²) >= 11 is 0. The molecule has 0 aliphatic rings. The quantitative estimate of drug-likeness (QED) is 0.361. The fourth-order valence-corrected chi connectivity index (χ4v) is 1.19. The molecular weight excluding hydrogens is 284 g/mol. The Labute approximate surface area is 152 Å². The largest absolute Gasteiger partial charge is 1.00 e. The minimum atomic E-state index is -2.95. The van der Waals surface area contributed by atoms with E-state index in [0.29, 0.717) is 7.05 Å². The summed E-state index contributed by atoms with van der Waals surface area (Å²) in [6.45, 7) is 0. The monoisotopic (exact) mass is 293 g/mol. The Balaban J connectivity index is -0.00000128. The molecule has 0 rings (SSSR count). The van der Waals surface area contributed by atoms with E-state index in [4.69, 9.17) is 10.2 Å². The van der Waals surface area contributed by atoms with Gasteiger partial charge in [-0.2, -0.15) is 0 Å². The van der Waals surface area contributed by atoms with Crippen LogP contribution in [0.2, 0.25) is 0 Å². The molecule has 0 spiro atoms. The summed E-state index contributed by atoms with van der Waals surface area (Å²) in [6, 6.07) is 0. The maximum absolute atomic E-state index is 10.9. The maximum atomic E-state index is 10.9. The molecule has 96 valence electrons. The molecule has 9 nitrogen and oxygen atoms in total. The van der Waals surface area contributed by atoms with Gasteiger partial charge in [0.15, 0.2) is 5.54 Å². The van der Waals surface area contributed by atoms with Crippen molar-refractivity contribution < 1.29 is 98.7 Å². The van der Waals surface area contributed by atoms with Crippen molar-refractivity contribution in [2.24, 2.45) is 0 Å². The van der Waals surface area contributed by atoms with E-state index in [9.17, 15) is 29.4 Å². The smallest absolute Gasteiger partial charge is 0.550 e. The van der Waals surface area contributed by atoms with E-state index < -0.39 is 42.4 Å². The molecule has 0 bridgehead atoms. The average Bonchev–Trinajstić information content (AvgIpc) is 2.16. The summed E-state index contributed by atoms with van der Waals surface area (Å²) < 4.78 is 0. The number of aliphatic carboxylic acids is 3. The van der Waals surface area contributed by atoms with Gasteiger partial charge in [0.2, 0.25) is 0 Å². The minimum absolute atomic E-state index is 0. The molecule has 2 N–H and O–H groups in total. The van der Waals surface area contributed by atoms with Crippen LogP contribution in [0, 0.1) is 0 Å². The second kappa shape index (κ2) is 9.56. The Morgan fingerprint density at radius 3 is 1.74 bits per heavy atom. The van der Waals surface area contributed by atoms with E-state index in [1.165, 1.54) is 0 Å². The Morgan fingerprint density at radius 2 is 1.53 bits per heavy atom. The molecule has 11 heteroatoms. The Kier molecular flexibility index (Phi) is 12.0. The molecule has 0 saturated heterocycles. The second-order valence-corrected chi connectivity index (χ2v) is 3.17. The van der Waals surface area contributed by atoms with Gasteiger partial charge in [-0.1, -0.05) is 0 Å². The normalized spacial score (nSPS) is 12.1. The van der Waals surface area contributed by atoms with Gasteiger partial charge < -0.3 is 30.0 Å². The van der Waals surface area contributed by atoms with E-state index in [2.05, 4.69) is 0 Å². The molecule has 0 heterocycles. The fraction of sp³-hybridized carbons (Fsp3) is 0.500. The van der Waals surface area contributed by atoms with E-state index in [-0.39, 0.29) is 64.0 Å². The van der Waals surface area contributed by atoms with Gasteiger partial charge in [-0.15, -0.1) is 0 Å². The zero-order valence-corrected chi connectivity index (χ0v) is 14.7. The van der Waals surface area contributed by atoms with Gasteiger partial charge in [-0.05, 0) is 12.8 Å². The van der Waals surface area contributed by atoms with Crippen molar-refractivity contribution in [1.29, 1.82) is 0 Å². The van der Waals surface area contributed by atoms with E-state index >= 15 is 0 Å². The van der Waals surface area contributed by atoms with E-state index in [1.807, 2.05) is 0 Å². The van der Waals surface area contributed by atoms with Crippen molar-refractivity contribution in [3.63, 3.8) is 0 Å². The molecule has 1 amide bonds. The zero-order valence-electron chi connectivity index (χ0n) is 10.7. The van der Waals surface area contributed by atoms with Crippen LogP contribution in [0.15, 0.2) is 0 Å². The molecule has 0 aliphatic carbocycles. The topological polar surface area (TPSA) is 158 Å². The molecule has 0 saturated carbocycles. The first kappa shape index (κ1) is 23.7. The number of hydrogen-bond acceptors (Lipinski definition) is 6. The number of carbonyl (C=O) groups is 4. The summed E-state index contributed by atoms with van der Waals surface area (Å²) in [7, 11) is 0.696. The van der Waals surface area contributed by atoms with Crippen LogP contribution < -0.4 is 69.3 Å². The molecule has 0 radical (unpaired) electrons. The standard InChI is InChI=1S/C8H11NO8.2Na/c1-9(7(16)17)8(5(12)13,6(14)15)3-2-4(10)11;;/h2-3H2,1H3,(H,10,11)(H,12,13)(H,14,15)(H,16,17);;/q;2*+1/p-2. The van der Waals surface area contributed by atoms with Gasteiger partial charge in [0.1, 0.15) is 0 Å². The molecule has 0 aromatic carbocycles. The summed E-state index contributed by atoms with van der Waals surface area (Å²) in [5, 5.41) is 38.4. The van der Waals surface area contributed by atoms with Crippen LogP contribution >= 0.6 is 0 Å². The SMILES string of the molecule is CN(C(=O)O)[C@@](CCC(=O)[O-])(C(=O)[O-])C(=O)O.[Na+].[Na+]. The molecule has 1 atom stereocenters. The van der Waals surface area contributed by atoms with Gasteiger partial charge in [0.05, 0.1) is 5.97 Å². The van der Waals surface area contributed by atoms with Crippen LogP contribution in [0.4, 0.5) is 4.79 Å². The van der Waals surface area contributed by atoms with Crippen LogP contribution in [-0.2, 0) is 14.4 Å². The van der Waals surface area contributed by atoms with Gasteiger partial charge in [-0.25, -0.2) is 9.59 Å². The van der Waals surface area contributed by atoms with Crippen molar-refractivity contribution in [3.8, 4) is 0 Å². The molecule has 0 aromatic heterocycles. The molecule has 0 unspecified atom stereocenters. The predicted octanol–water partition coefficient (Wildman–Crippen LogP) is -9.29. The summed E-state index contributed by atoms with van der Waals surface area (Å²) in [4.78, 5) is 42.5. The number of nitrogens with zero attached hydrogens (tertiary/aromatic N) is 1. The summed E-state index contributed by atoms with van der Waals surface area (Å²) in [5.41, 5.74) is -2.95. The number of carbonyl (C=O) groups excluding carboxylic acids is 2. The average molecular weight is 293 g/mol. The number of hydrogen-bond donors (Lipinski definition) is 2. The minimum Gasteiger partial charge on any atom is -0.550 e. The van der Waals surface area contributed by atoms with Gasteiger partial charge in [0, 0.05) is 13.0 Å². The molecule has 0 aromatic rings. The van der Waals surface area contributed by atoms with Crippen LogP contribution in [-0.4, -0.2) is 51.7 Å². The first-order valence-corrected chi connectivity index (χ1v) is 4.27. The van der Waals surface area contributed by atoms with Crippen molar-refractivity contribution in [1.82, 2.24) is 4.90 Å². The van der Waals surface area contributed by atoms with Gasteiger partial charge in [0.25, 0.3) is 0 Å². The summed E-state index contributed by atoms with van der Waals surface area (Å²) in [5.74, 6) is -5.93. The zero-order chi connectivity index (χ0) is 13.8. The van der Waals surface area contributed by atoms with Crippen molar-refractivity contribution in [2.75, 3.05) is 7.05 Å². The predicted molar refractivity (Wildman–Crippen MR) is 45.4 cm³/mol. The van der Waals surface area contributed by atoms with Crippen molar-refractivity contribution in [3.05, 3.63) is 0 Å². The number of likely N-dealkylation sites (N-methyl/N-ethyl adjacent to an activating group) is 1. The van der Waals surface area contributed by atoms with Crippen molar-refractivity contribution >= 4 is 24.0 Å². The number of carboxylic acids is 3. The number of carboxylic acid groups (broad SMARTS) is 4. The molecule has 0 fully saturated rings. The van der Waals surface area contributed by atoms with Crippen LogP contribution in [0.5, 0.6) is 0 Å².